The van der Waals surface area contributed by atoms with E-state index in [9.17, 15) is 13.2 Å². The predicted octanol–water partition coefficient (Wildman–Crippen LogP) is 1.71. The Labute approximate surface area is 144 Å². The quantitative estimate of drug-likeness (QED) is 0.687. The highest BCUT2D eigenvalue weighted by molar-refractivity contribution is 7.89. The summed E-state index contributed by atoms with van der Waals surface area (Å²) in [5.41, 5.74) is 4.22. The maximum atomic E-state index is 12.5. The third-order valence-corrected chi connectivity index (χ3v) is 5.56. The molecular formula is C16H18N4O4S. The Morgan fingerprint density at radius 1 is 1.20 bits per heavy atom. The van der Waals surface area contributed by atoms with E-state index in [-0.39, 0.29) is 10.7 Å². The number of furan rings is 1. The molecule has 0 aliphatic rings. The molecule has 2 N–H and O–H groups in total. The van der Waals surface area contributed by atoms with Gasteiger partial charge in [0.1, 0.15) is 10.5 Å². The summed E-state index contributed by atoms with van der Waals surface area (Å²) in [5, 5.41) is 4.87. The fourth-order valence-corrected chi connectivity index (χ4v) is 4.04. The lowest BCUT2D eigenvalue weighted by atomic mass is 10.1. The van der Waals surface area contributed by atoms with Crippen LogP contribution in [0.4, 0.5) is 0 Å². The summed E-state index contributed by atoms with van der Waals surface area (Å²) < 4.78 is 31.9. The van der Waals surface area contributed by atoms with Gasteiger partial charge in [-0.25, -0.2) is 8.42 Å². The number of hydrogen-bond donors (Lipinski definition) is 2. The highest BCUT2D eigenvalue weighted by Crippen LogP contribution is 2.24. The van der Waals surface area contributed by atoms with Crippen LogP contribution >= 0.6 is 0 Å². The summed E-state index contributed by atoms with van der Waals surface area (Å²) in [7, 11) is -2.30. The van der Waals surface area contributed by atoms with E-state index in [4.69, 9.17) is 4.42 Å². The number of hydrazine groups is 1. The molecule has 0 saturated heterocycles. The number of sulfonamides is 1. The molecule has 8 nitrogen and oxygen atoms in total. The second kappa shape index (κ2) is 6.01. The summed E-state index contributed by atoms with van der Waals surface area (Å²) >= 11 is 0. The molecule has 0 aliphatic heterocycles. The smallest absolute Gasteiger partial charge is 0.302 e. The Kier molecular flexibility index (Phi) is 4.13. The van der Waals surface area contributed by atoms with E-state index < -0.39 is 15.9 Å². The van der Waals surface area contributed by atoms with Crippen LogP contribution in [0.1, 0.15) is 27.5 Å². The molecule has 0 aliphatic carbocycles. The van der Waals surface area contributed by atoms with Crippen LogP contribution in [0.15, 0.2) is 33.6 Å². The Hall–Kier alpha value is -2.65. The third kappa shape index (κ3) is 2.92. The molecule has 0 radical (unpaired) electrons. The largest absolute Gasteiger partial charge is 0.451 e. The first kappa shape index (κ1) is 17.2. The predicted molar refractivity (Wildman–Crippen MR) is 91.4 cm³/mol. The number of amides is 1. The monoisotopic (exact) mass is 362 g/mol. The molecule has 0 spiro atoms. The van der Waals surface area contributed by atoms with Crippen molar-refractivity contribution < 1.29 is 17.6 Å². The number of nitrogens with one attached hydrogen (secondary N) is 2. The van der Waals surface area contributed by atoms with Crippen LogP contribution < -0.4 is 10.3 Å². The van der Waals surface area contributed by atoms with Crippen molar-refractivity contribution in [2.45, 2.75) is 25.7 Å². The highest BCUT2D eigenvalue weighted by atomic mass is 32.2. The van der Waals surface area contributed by atoms with Crippen LogP contribution in [0.3, 0.4) is 0 Å². The average molecular weight is 362 g/mol. The number of aryl methyl sites for hydroxylation is 3. The van der Waals surface area contributed by atoms with Crippen LogP contribution in [-0.2, 0) is 17.1 Å². The Morgan fingerprint density at radius 2 is 1.88 bits per heavy atom. The second-order valence-corrected chi connectivity index (χ2v) is 7.35. The van der Waals surface area contributed by atoms with E-state index in [1.54, 1.807) is 40.0 Å². The standard InChI is InChI=1S/C16H18N4O4S/c1-9-12-7-5-6-8-13(12)24-14(9)16(21)17-19-25(22,23)15-10(2)18-20(4)11(15)3/h5-8,19H,1-4H3,(H,17,21). The lowest BCUT2D eigenvalue weighted by molar-refractivity contribution is 0.0918. The number of carbonyl (C=O) groups is 1. The summed E-state index contributed by atoms with van der Waals surface area (Å²) in [4.78, 5) is 14.5. The number of hydrogen-bond acceptors (Lipinski definition) is 5. The van der Waals surface area contributed by atoms with Crippen molar-refractivity contribution in [1.29, 1.82) is 0 Å². The number of carbonyl (C=O) groups excluding carboxylic acids is 1. The van der Waals surface area contributed by atoms with Gasteiger partial charge in [0.25, 0.3) is 10.0 Å². The first-order valence-corrected chi connectivity index (χ1v) is 9.01. The topological polar surface area (TPSA) is 106 Å². The molecule has 132 valence electrons. The molecule has 25 heavy (non-hydrogen) atoms. The lowest BCUT2D eigenvalue weighted by Crippen LogP contribution is -2.42. The van der Waals surface area contributed by atoms with E-state index in [0.29, 0.717) is 22.5 Å². The number of aromatic nitrogens is 2. The first-order chi connectivity index (χ1) is 11.7. The number of para-hydroxylation sites is 1. The van der Waals surface area contributed by atoms with E-state index in [2.05, 4.69) is 15.4 Å². The van der Waals surface area contributed by atoms with Gasteiger partial charge in [0.05, 0.1) is 11.4 Å². The molecule has 2 heterocycles. The van der Waals surface area contributed by atoms with Crippen molar-refractivity contribution in [2.24, 2.45) is 7.05 Å². The van der Waals surface area contributed by atoms with Crippen LogP contribution in [0.2, 0.25) is 0 Å². The first-order valence-electron chi connectivity index (χ1n) is 7.53. The van der Waals surface area contributed by atoms with Gasteiger partial charge in [-0.2, -0.15) is 5.10 Å². The van der Waals surface area contributed by atoms with Crippen LogP contribution in [-0.4, -0.2) is 24.1 Å². The normalized spacial score (nSPS) is 11.8. The zero-order chi connectivity index (χ0) is 18.4. The zero-order valence-corrected chi connectivity index (χ0v) is 15.1. The fourth-order valence-electron chi connectivity index (χ4n) is 2.76. The molecule has 2 aromatic heterocycles. The minimum atomic E-state index is -3.95. The van der Waals surface area contributed by atoms with Gasteiger partial charge in [0, 0.05) is 18.0 Å². The van der Waals surface area contributed by atoms with E-state index >= 15 is 0 Å². The van der Waals surface area contributed by atoms with Crippen LogP contribution in [0.25, 0.3) is 11.0 Å². The molecule has 0 unspecified atom stereocenters. The molecule has 1 aromatic carbocycles. The molecule has 1 amide bonds. The van der Waals surface area contributed by atoms with E-state index in [1.165, 1.54) is 4.68 Å². The van der Waals surface area contributed by atoms with Gasteiger partial charge < -0.3 is 4.42 Å². The maximum Gasteiger partial charge on any atom is 0.302 e. The average Bonchev–Trinajstić information content (AvgIpc) is 3.02. The van der Waals surface area contributed by atoms with Gasteiger partial charge >= 0.3 is 5.91 Å². The molecule has 0 bridgehead atoms. The molecular weight excluding hydrogens is 344 g/mol. The summed E-state index contributed by atoms with van der Waals surface area (Å²) in [5.74, 6) is -0.611. The lowest BCUT2D eigenvalue weighted by Gasteiger charge is -2.08. The van der Waals surface area contributed by atoms with Gasteiger partial charge in [-0.15, -0.1) is 4.83 Å². The van der Waals surface area contributed by atoms with Crippen molar-refractivity contribution in [1.82, 2.24) is 20.0 Å². The molecule has 0 fully saturated rings. The number of benzene rings is 1. The highest BCUT2D eigenvalue weighted by Gasteiger charge is 2.25. The molecule has 3 rings (SSSR count). The molecule has 9 heteroatoms. The zero-order valence-electron chi connectivity index (χ0n) is 14.2. The Bertz CT molecular complexity index is 1080. The number of rotatable bonds is 4. The van der Waals surface area contributed by atoms with Gasteiger partial charge in [-0.3, -0.25) is 14.9 Å². The van der Waals surface area contributed by atoms with Crippen molar-refractivity contribution in [3.05, 3.63) is 47.0 Å². The van der Waals surface area contributed by atoms with Crippen LogP contribution in [0.5, 0.6) is 0 Å². The molecule has 0 atom stereocenters. The van der Waals surface area contributed by atoms with Gasteiger partial charge in [-0.1, -0.05) is 18.2 Å². The van der Waals surface area contributed by atoms with Crippen molar-refractivity contribution in [3.63, 3.8) is 0 Å². The number of nitrogens with zero attached hydrogens (tertiary/aromatic N) is 2. The second-order valence-electron chi connectivity index (χ2n) is 5.74. The van der Waals surface area contributed by atoms with Crippen LogP contribution in [0, 0.1) is 20.8 Å². The maximum absolute atomic E-state index is 12.5. The summed E-state index contributed by atoms with van der Waals surface area (Å²) in [6, 6.07) is 7.20. The summed E-state index contributed by atoms with van der Waals surface area (Å²) in [6.45, 7) is 4.97. The molecule has 0 saturated carbocycles. The van der Waals surface area contributed by atoms with Gasteiger partial charge in [-0.05, 0) is 26.8 Å². The van der Waals surface area contributed by atoms with Gasteiger partial charge in [0.2, 0.25) is 0 Å². The van der Waals surface area contributed by atoms with Crippen molar-refractivity contribution in [2.75, 3.05) is 0 Å². The minimum absolute atomic E-state index is 0.0385. The Morgan fingerprint density at radius 3 is 2.48 bits per heavy atom. The Balaban J connectivity index is 1.85. The fraction of sp³-hybridized carbons (Fsp3) is 0.250. The minimum Gasteiger partial charge on any atom is -0.451 e. The van der Waals surface area contributed by atoms with Gasteiger partial charge in [0.15, 0.2) is 5.76 Å². The SMILES string of the molecule is Cc1nn(C)c(C)c1S(=O)(=O)NNC(=O)c1oc2ccccc2c1C. The van der Waals surface area contributed by atoms with E-state index in [1.807, 2.05) is 12.1 Å². The van der Waals surface area contributed by atoms with Crippen molar-refractivity contribution in [3.8, 4) is 0 Å². The number of fused-ring (bicyclic) bond motifs is 1. The summed E-state index contributed by atoms with van der Waals surface area (Å²) in [6.07, 6.45) is 0. The van der Waals surface area contributed by atoms with E-state index in [0.717, 1.165) is 5.39 Å². The van der Waals surface area contributed by atoms with Crippen molar-refractivity contribution >= 4 is 26.9 Å². The molecule has 3 aromatic rings. The third-order valence-electron chi connectivity index (χ3n) is 4.06.